The number of rotatable bonds is 9. The number of halogens is 19. The molecule has 0 saturated carbocycles. The van der Waals surface area contributed by atoms with Crippen LogP contribution in [-0.2, 0) is 4.79 Å². The van der Waals surface area contributed by atoms with Crippen LogP contribution in [0, 0.1) is 0 Å². The number of hydrogen-bond donors (Lipinski definition) is 1. The number of alkyl halides is 17. The molecule has 0 spiro atoms. The van der Waals surface area contributed by atoms with E-state index >= 15 is 0 Å². The smallest absolute Gasteiger partial charge is 0.296 e. The molecule has 41 heavy (non-hydrogen) atoms. The Labute approximate surface area is 228 Å². The fourth-order valence-electron chi connectivity index (χ4n) is 2.60. The van der Waals surface area contributed by atoms with Gasteiger partial charge < -0.3 is 0 Å². The van der Waals surface area contributed by atoms with Gasteiger partial charge in [-0.05, 0) is 12.1 Å². The molecule has 2 aromatic rings. The maximum atomic E-state index is 14.1. The molecular weight excluding hydrogens is 686 g/mol. The van der Waals surface area contributed by atoms with Crippen molar-refractivity contribution in [3.63, 3.8) is 0 Å². The summed E-state index contributed by atoms with van der Waals surface area (Å²) >= 11 is 11.5. The van der Waals surface area contributed by atoms with Crippen molar-refractivity contribution >= 4 is 45.6 Å². The van der Waals surface area contributed by atoms with Crippen LogP contribution in [0.4, 0.5) is 79.8 Å². The molecule has 232 valence electrons. The predicted octanol–water partition coefficient (Wildman–Crippen LogP) is 9.06. The number of anilines is 1. The second-order valence-electron chi connectivity index (χ2n) is 7.64. The highest BCUT2D eigenvalue weighted by atomic mass is 35.5. The van der Waals surface area contributed by atoms with Crippen molar-refractivity contribution in [3.8, 4) is 11.3 Å². The lowest BCUT2D eigenvalue weighted by atomic mass is 9.89. The van der Waals surface area contributed by atoms with E-state index in [1.54, 1.807) is 0 Å². The fraction of sp³-hybridized carbons (Fsp3) is 0.444. The molecule has 0 aliphatic carbocycles. The summed E-state index contributed by atoms with van der Waals surface area (Å²) in [6.07, 6.45) is -7.86. The second-order valence-corrected chi connectivity index (χ2v) is 9.31. The average Bonchev–Trinajstić information content (AvgIpc) is 3.27. The lowest BCUT2D eigenvalue weighted by Crippen LogP contribution is -2.75. The van der Waals surface area contributed by atoms with Crippen molar-refractivity contribution in [2.75, 3.05) is 5.32 Å². The van der Waals surface area contributed by atoms with E-state index in [1.165, 1.54) is 6.07 Å². The number of carbonyl (C=O) groups excluding carboxylic acids is 1. The Hall–Kier alpha value is -2.29. The van der Waals surface area contributed by atoms with E-state index < -0.39 is 58.7 Å². The number of amides is 1. The zero-order chi connectivity index (χ0) is 32.4. The van der Waals surface area contributed by atoms with Crippen LogP contribution in [0.2, 0.25) is 10.0 Å². The molecule has 0 radical (unpaired) electrons. The van der Waals surface area contributed by atoms with E-state index in [-0.39, 0.29) is 32.6 Å². The third-order valence-corrected chi connectivity index (χ3v) is 6.44. The molecule has 0 unspecified atom stereocenters. The molecule has 0 atom stereocenters. The van der Waals surface area contributed by atoms with Crippen LogP contribution >= 0.6 is 34.5 Å². The number of hydrogen-bond acceptors (Lipinski definition) is 3. The summed E-state index contributed by atoms with van der Waals surface area (Å²) in [5.41, 5.74) is -0.276. The normalized spacial score (nSPS) is 14.8. The number of nitrogens with one attached hydrogen (secondary N) is 1. The van der Waals surface area contributed by atoms with Gasteiger partial charge in [-0.3, -0.25) is 10.1 Å². The van der Waals surface area contributed by atoms with Crippen LogP contribution in [0.1, 0.15) is 0 Å². The Bertz CT molecular complexity index is 1310. The maximum absolute atomic E-state index is 14.1. The maximum Gasteiger partial charge on any atom is 0.460 e. The first-order chi connectivity index (χ1) is 18.0. The molecule has 23 heteroatoms. The van der Waals surface area contributed by atoms with Gasteiger partial charge in [-0.15, -0.1) is 11.3 Å². The van der Waals surface area contributed by atoms with Crippen molar-refractivity contribution in [2.24, 2.45) is 0 Å². The summed E-state index contributed by atoms with van der Waals surface area (Å²) in [5.74, 6) is -62.2. The molecule has 0 bridgehead atoms. The Morgan fingerprint density at radius 3 is 1.54 bits per heavy atom. The van der Waals surface area contributed by atoms with Gasteiger partial charge in [0.1, 0.15) is 0 Å². The van der Waals surface area contributed by atoms with Gasteiger partial charge in [0.2, 0.25) is 0 Å². The minimum atomic E-state index is -8.79. The van der Waals surface area contributed by atoms with E-state index in [0.717, 1.165) is 22.8 Å². The standard InChI is InChI=1S/C18H5Cl2F17N2OS/c19-6-2-1-5(3-7(6)20)8-4-41-10(38-8)39-9(40)11(21,22)12(23,24)13(25,26)14(27,28)15(29,30)16(31,32)17(33,34)18(35,36)37/h1-4H,(H,38,39,40). The van der Waals surface area contributed by atoms with E-state index in [9.17, 15) is 79.4 Å². The third-order valence-electron chi connectivity index (χ3n) is 4.95. The molecule has 1 aromatic heterocycles. The quantitative estimate of drug-likeness (QED) is 0.267. The second kappa shape index (κ2) is 10.2. The van der Waals surface area contributed by atoms with E-state index in [4.69, 9.17) is 23.2 Å². The monoisotopic (exact) mass is 690 g/mol. The van der Waals surface area contributed by atoms with Gasteiger partial charge in [-0.25, -0.2) is 4.98 Å². The molecule has 2 rings (SSSR count). The number of benzene rings is 1. The summed E-state index contributed by atoms with van der Waals surface area (Å²) in [6.45, 7) is 0. The van der Waals surface area contributed by atoms with Crippen molar-refractivity contribution < 1.29 is 79.4 Å². The SMILES string of the molecule is O=C(Nc1nc(-c2ccc(Cl)c(Cl)c2)cs1)C(F)(F)C(F)(F)C(F)(F)C(F)(F)C(F)(F)C(F)(F)C(F)(F)C(F)(F)F. The van der Waals surface area contributed by atoms with Crippen molar-refractivity contribution in [3.05, 3.63) is 33.6 Å². The first-order valence-corrected chi connectivity index (χ1v) is 11.1. The molecular formula is C18H5Cl2F17N2OS. The van der Waals surface area contributed by atoms with Crippen LogP contribution in [0.5, 0.6) is 0 Å². The summed E-state index contributed by atoms with van der Waals surface area (Å²) in [4.78, 5) is 15.0. The van der Waals surface area contributed by atoms with Gasteiger partial charge in [0.15, 0.2) is 5.13 Å². The molecule has 1 heterocycles. The molecule has 1 N–H and O–H groups in total. The lowest BCUT2D eigenvalue weighted by molar-refractivity contribution is -0.459. The number of nitrogens with zero attached hydrogens (tertiary/aromatic N) is 1. The molecule has 0 aliphatic heterocycles. The van der Waals surface area contributed by atoms with Gasteiger partial charge in [0.05, 0.1) is 15.7 Å². The van der Waals surface area contributed by atoms with Crippen LogP contribution in [0.3, 0.4) is 0 Å². The van der Waals surface area contributed by atoms with Crippen molar-refractivity contribution in [1.29, 1.82) is 0 Å². The Morgan fingerprint density at radius 1 is 0.659 bits per heavy atom. The third kappa shape index (κ3) is 5.14. The largest absolute Gasteiger partial charge is 0.460 e. The molecule has 1 amide bonds. The Morgan fingerprint density at radius 2 is 1.10 bits per heavy atom. The Balaban J connectivity index is 2.46. The van der Waals surface area contributed by atoms with Crippen LogP contribution in [0.25, 0.3) is 11.3 Å². The van der Waals surface area contributed by atoms with Crippen LogP contribution < -0.4 is 5.32 Å². The minimum Gasteiger partial charge on any atom is -0.296 e. The lowest BCUT2D eigenvalue weighted by Gasteiger charge is -2.42. The summed E-state index contributed by atoms with van der Waals surface area (Å²) in [6, 6.07) is 3.43. The first-order valence-electron chi connectivity index (χ1n) is 9.46. The van der Waals surface area contributed by atoms with E-state index in [2.05, 4.69) is 4.98 Å². The van der Waals surface area contributed by atoms with E-state index in [0.29, 0.717) is 0 Å². The minimum absolute atomic E-state index is 0.00996. The van der Waals surface area contributed by atoms with Gasteiger partial charge in [-0.2, -0.15) is 74.6 Å². The summed E-state index contributed by atoms with van der Waals surface area (Å²) < 4.78 is 227. The van der Waals surface area contributed by atoms with Crippen LogP contribution in [0.15, 0.2) is 23.6 Å². The Kier molecular flexibility index (Phi) is 8.65. The van der Waals surface area contributed by atoms with Gasteiger partial charge >= 0.3 is 53.5 Å². The van der Waals surface area contributed by atoms with Gasteiger partial charge in [0, 0.05) is 10.9 Å². The zero-order valence-electron chi connectivity index (χ0n) is 18.3. The molecule has 0 aliphatic rings. The summed E-state index contributed by atoms with van der Waals surface area (Å²) in [7, 11) is 0. The van der Waals surface area contributed by atoms with Gasteiger partial charge in [0.25, 0.3) is 0 Å². The number of thiazole rings is 1. The van der Waals surface area contributed by atoms with Gasteiger partial charge in [-0.1, -0.05) is 29.3 Å². The highest BCUT2D eigenvalue weighted by Gasteiger charge is 2.95. The fourth-order valence-corrected chi connectivity index (χ4v) is 3.61. The zero-order valence-corrected chi connectivity index (χ0v) is 20.6. The number of aromatic nitrogens is 1. The first kappa shape index (κ1) is 34.9. The number of carbonyl (C=O) groups is 1. The molecule has 3 nitrogen and oxygen atoms in total. The molecule has 0 saturated heterocycles. The molecule has 1 aromatic carbocycles. The highest BCUT2D eigenvalue weighted by molar-refractivity contribution is 7.14. The van der Waals surface area contributed by atoms with Crippen molar-refractivity contribution in [2.45, 2.75) is 47.6 Å². The molecule has 0 fully saturated rings. The van der Waals surface area contributed by atoms with Crippen molar-refractivity contribution in [1.82, 2.24) is 4.98 Å². The van der Waals surface area contributed by atoms with Crippen LogP contribution in [-0.4, -0.2) is 58.5 Å². The summed E-state index contributed by atoms with van der Waals surface area (Å²) in [5, 5.41) is 0.333. The topological polar surface area (TPSA) is 42.0 Å². The highest BCUT2D eigenvalue weighted by Crippen LogP contribution is 2.64. The predicted molar refractivity (Wildman–Crippen MR) is 107 cm³/mol. The average molecular weight is 691 g/mol. The van der Waals surface area contributed by atoms with E-state index in [1.807, 2.05) is 0 Å².